The van der Waals surface area contributed by atoms with Gasteiger partial charge in [-0.15, -0.1) is 0 Å². The van der Waals surface area contributed by atoms with Crippen LogP contribution >= 0.6 is 0 Å². The summed E-state index contributed by atoms with van der Waals surface area (Å²) in [6, 6.07) is 11.8. The minimum absolute atomic E-state index is 0.00751. The Bertz CT molecular complexity index is 952. The van der Waals surface area contributed by atoms with Crippen LogP contribution in [-0.4, -0.2) is 52.4 Å². The van der Waals surface area contributed by atoms with E-state index in [0.717, 1.165) is 36.4 Å². The van der Waals surface area contributed by atoms with Crippen LogP contribution in [0, 0.1) is 0 Å². The van der Waals surface area contributed by atoms with Crippen molar-refractivity contribution >= 4 is 11.8 Å². The van der Waals surface area contributed by atoms with Crippen molar-refractivity contribution in [3.8, 4) is 5.75 Å². The second kappa shape index (κ2) is 13.4. The van der Waals surface area contributed by atoms with Crippen LogP contribution in [0.5, 0.6) is 5.75 Å². The lowest BCUT2D eigenvalue weighted by atomic mass is 9.99. The molecule has 6 nitrogen and oxygen atoms in total. The van der Waals surface area contributed by atoms with Gasteiger partial charge in [-0.2, -0.15) is 0 Å². The second-order valence-electron chi connectivity index (χ2n) is 9.88. The molecule has 1 aromatic heterocycles. The van der Waals surface area contributed by atoms with E-state index >= 15 is 0 Å². The van der Waals surface area contributed by atoms with Crippen LogP contribution in [0.15, 0.2) is 42.6 Å². The van der Waals surface area contributed by atoms with E-state index in [2.05, 4.69) is 23.8 Å². The maximum Gasteiger partial charge on any atom is 0.243 e. The molecular weight excluding hydrogens is 438 g/mol. The summed E-state index contributed by atoms with van der Waals surface area (Å²) >= 11 is 0. The van der Waals surface area contributed by atoms with E-state index in [9.17, 15) is 9.59 Å². The molecule has 1 aliphatic rings. The molecule has 192 valence electrons. The summed E-state index contributed by atoms with van der Waals surface area (Å²) in [5.74, 6) is 0.847. The first kappa shape index (κ1) is 26.8. The van der Waals surface area contributed by atoms with E-state index in [-0.39, 0.29) is 30.4 Å². The van der Waals surface area contributed by atoms with Crippen LogP contribution in [0.2, 0.25) is 0 Å². The first-order valence-electron chi connectivity index (χ1n) is 13.3. The molecule has 3 rings (SSSR count). The lowest BCUT2D eigenvalue weighted by Gasteiger charge is -2.39. The largest absolute Gasteiger partial charge is 0.497 e. The zero-order valence-electron chi connectivity index (χ0n) is 22.0. The van der Waals surface area contributed by atoms with E-state index in [1.54, 1.807) is 12.0 Å². The van der Waals surface area contributed by atoms with E-state index < -0.39 is 0 Å². The fraction of sp³-hybridized carbons (Fsp3) is 0.586. The van der Waals surface area contributed by atoms with Gasteiger partial charge in [0.1, 0.15) is 12.3 Å². The zero-order valence-corrected chi connectivity index (χ0v) is 22.0. The Morgan fingerprint density at radius 2 is 1.77 bits per heavy atom. The predicted octanol–water partition coefficient (Wildman–Crippen LogP) is 5.81. The number of hydrogen-bond acceptors (Lipinski definition) is 3. The van der Waals surface area contributed by atoms with Crippen LogP contribution in [0.3, 0.4) is 0 Å². The Labute approximate surface area is 211 Å². The van der Waals surface area contributed by atoms with Gasteiger partial charge in [0.25, 0.3) is 0 Å². The van der Waals surface area contributed by atoms with Crippen molar-refractivity contribution in [3.63, 3.8) is 0 Å². The molecule has 35 heavy (non-hydrogen) atoms. The normalized spacial score (nSPS) is 15.2. The van der Waals surface area contributed by atoms with Crippen molar-refractivity contribution in [1.82, 2.24) is 14.4 Å². The van der Waals surface area contributed by atoms with Crippen molar-refractivity contribution in [1.29, 1.82) is 0 Å². The van der Waals surface area contributed by atoms with Crippen molar-refractivity contribution in [3.05, 3.63) is 53.9 Å². The first-order chi connectivity index (χ1) is 17.0. The number of carbonyl (C=O) groups excluding carboxylic acids is 2. The van der Waals surface area contributed by atoms with Gasteiger partial charge in [-0.05, 0) is 50.1 Å². The molecular formula is C29H43N3O3. The SMILES string of the molecule is CCCCCCCCCC(=O)N(CC(=O)N1CCn2cccc2C1c1cccc(OC)c1)C(C)C. The summed E-state index contributed by atoms with van der Waals surface area (Å²) in [6.07, 6.45) is 10.8. The minimum Gasteiger partial charge on any atom is -0.497 e. The number of aromatic nitrogens is 1. The van der Waals surface area contributed by atoms with Crippen molar-refractivity contribution in [2.75, 3.05) is 20.2 Å². The topological polar surface area (TPSA) is 54.8 Å². The molecule has 0 saturated carbocycles. The lowest BCUT2D eigenvalue weighted by molar-refractivity contribution is -0.143. The smallest absolute Gasteiger partial charge is 0.243 e. The average Bonchev–Trinajstić information content (AvgIpc) is 3.34. The highest BCUT2D eigenvalue weighted by atomic mass is 16.5. The number of methoxy groups -OCH3 is 1. The molecule has 1 unspecified atom stereocenters. The Hall–Kier alpha value is -2.76. The maximum absolute atomic E-state index is 13.7. The highest BCUT2D eigenvalue weighted by Crippen LogP contribution is 2.34. The molecule has 2 aromatic rings. The Kier molecular flexibility index (Phi) is 10.2. The third-order valence-electron chi connectivity index (χ3n) is 7.01. The van der Waals surface area contributed by atoms with Crippen LogP contribution in [-0.2, 0) is 16.1 Å². The van der Waals surface area contributed by atoms with Crippen molar-refractivity contribution in [2.24, 2.45) is 0 Å². The predicted molar refractivity (Wildman–Crippen MR) is 140 cm³/mol. The van der Waals surface area contributed by atoms with Crippen molar-refractivity contribution < 1.29 is 14.3 Å². The Morgan fingerprint density at radius 1 is 1.03 bits per heavy atom. The quantitative estimate of drug-likeness (QED) is 0.340. The van der Waals surface area contributed by atoms with E-state index in [1.807, 2.05) is 49.1 Å². The monoisotopic (exact) mass is 481 g/mol. The number of ether oxygens (including phenoxy) is 1. The molecule has 6 heteroatoms. The van der Waals surface area contributed by atoms with E-state index in [1.165, 1.54) is 32.1 Å². The Morgan fingerprint density at radius 3 is 2.49 bits per heavy atom. The van der Waals surface area contributed by atoms with E-state index in [4.69, 9.17) is 4.74 Å². The third-order valence-corrected chi connectivity index (χ3v) is 7.01. The number of carbonyl (C=O) groups is 2. The van der Waals surface area contributed by atoms with E-state index in [0.29, 0.717) is 13.0 Å². The van der Waals surface area contributed by atoms with Gasteiger partial charge in [0, 0.05) is 37.4 Å². The van der Waals surface area contributed by atoms with Gasteiger partial charge in [0.05, 0.1) is 13.2 Å². The van der Waals surface area contributed by atoms with Crippen LogP contribution in [0.4, 0.5) is 0 Å². The number of nitrogens with zero attached hydrogens (tertiary/aromatic N) is 3. The van der Waals surface area contributed by atoms with Gasteiger partial charge in [0.15, 0.2) is 0 Å². The number of amides is 2. The highest BCUT2D eigenvalue weighted by molar-refractivity contribution is 5.85. The summed E-state index contributed by atoms with van der Waals surface area (Å²) in [4.78, 5) is 30.4. The fourth-order valence-electron chi connectivity index (χ4n) is 4.99. The van der Waals surface area contributed by atoms with Gasteiger partial charge in [-0.3, -0.25) is 9.59 Å². The summed E-state index contributed by atoms with van der Waals surface area (Å²) in [7, 11) is 1.66. The Balaban J connectivity index is 1.67. The molecule has 2 amide bonds. The molecule has 0 radical (unpaired) electrons. The second-order valence-corrected chi connectivity index (χ2v) is 9.88. The molecule has 2 heterocycles. The molecule has 0 bridgehead atoms. The number of rotatable bonds is 13. The lowest BCUT2D eigenvalue weighted by Crippen LogP contribution is -2.49. The van der Waals surface area contributed by atoms with Gasteiger partial charge in [-0.25, -0.2) is 0 Å². The van der Waals surface area contributed by atoms with Crippen LogP contribution < -0.4 is 4.74 Å². The molecule has 1 atom stereocenters. The van der Waals surface area contributed by atoms with Crippen molar-refractivity contribution in [2.45, 2.75) is 90.8 Å². The summed E-state index contributed by atoms with van der Waals surface area (Å²) < 4.78 is 7.66. The summed E-state index contributed by atoms with van der Waals surface area (Å²) in [6.45, 7) is 7.70. The molecule has 0 spiro atoms. The van der Waals surface area contributed by atoms with Gasteiger partial charge in [-0.1, -0.05) is 57.6 Å². The molecule has 1 aromatic carbocycles. The molecule has 0 aliphatic carbocycles. The number of benzene rings is 1. The number of unbranched alkanes of at least 4 members (excludes halogenated alkanes) is 6. The zero-order chi connectivity index (χ0) is 25.2. The van der Waals surface area contributed by atoms with Crippen LogP contribution in [0.1, 0.15) is 89.4 Å². The number of hydrogen-bond donors (Lipinski definition) is 0. The van der Waals surface area contributed by atoms with Crippen LogP contribution in [0.25, 0.3) is 0 Å². The number of fused-ring (bicyclic) bond motifs is 1. The first-order valence-corrected chi connectivity index (χ1v) is 13.3. The minimum atomic E-state index is -0.200. The fourth-order valence-corrected chi connectivity index (χ4v) is 4.99. The third kappa shape index (κ3) is 7.12. The van der Waals surface area contributed by atoms with Gasteiger partial charge in [0.2, 0.25) is 11.8 Å². The highest BCUT2D eigenvalue weighted by Gasteiger charge is 2.34. The maximum atomic E-state index is 13.7. The average molecular weight is 482 g/mol. The summed E-state index contributed by atoms with van der Waals surface area (Å²) in [5, 5.41) is 0. The molecule has 0 fully saturated rings. The standard InChI is InChI=1S/C29H43N3O3/c1-5-6-7-8-9-10-11-17-27(33)32(23(2)3)22-28(34)31-20-19-30-18-13-16-26(30)29(31)24-14-12-15-25(21-24)35-4/h12-16,18,21,23,29H,5-11,17,19-20,22H2,1-4H3. The van der Waals surface area contributed by atoms with Gasteiger partial charge >= 0.3 is 0 Å². The molecule has 0 N–H and O–H groups in total. The summed E-state index contributed by atoms with van der Waals surface area (Å²) in [5.41, 5.74) is 2.10. The molecule has 1 aliphatic heterocycles. The molecule has 0 saturated heterocycles. The van der Waals surface area contributed by atoms with Gasteiger partial charge < -0.3 is 19.1 Å².